The first kappa shape index (κ1) is 12.4. The van der Waals surface area contributed by atoms with E-state index in [0.717, 1.165) is 12.8 Å². The van der Waals surface area contributed by atoms with Crippen molar-refractivity contribution >= 4 is 11.8 Å². The molecule has 1 unspecified atom stereocenters. The molecule has 5 heteroatoms. The van der Waals surface area contributed by atoms with E-state index in [4.69, 9.17) is 5.11 Å². The number of aliphatic hydroxyl groups is 1. The summed E-state index contributed by atoms with van der Waals surface area (Å²) in [7, 11) is 0. The molecule has 1 aliphatic carbocycles. The Morgan fingerprint density at radius 3 is 2.65 bits per heavy atom. The third kappa shape index (κ3) is 2.44. The highest BCUT2D eigenvalue weighted by atomic mass is 16.3. The van der Waals surface area contributed by atoms with Gasteiger partial charge in [0.05, 0.1) is 18.1 Å². The fourth-order valence-corrected chi connectivity index (χ4v) is 2.24. The summed E-state index contributed by atoms with van der Waals surface area (Å²) in [6, 6.07) is 0.146. The number of amides is 2. The van der Waals surface area contributed by atoms with Gasteiger partial charge in [-0.05, 0) is 26.7 Å². The zero-order valence-electron chi connectivity index (χ0n) is 10.4. The summed E-state index contributed by atoms with van der Waals surface area (Å²) in [5, 5.41) is 12.0. The van der Waals surface area contributed by atoms with Crippen molar-refractivity contribution in [1.29, 1.82) is 0 Å². The molecule has 0 aromatic rings. The van der Waals surface area contributed by atoms with Gasteiger partial charge in [0.25, 0.3) is 0 Å². The van der Waals surface area contributed by atoms with Gasteiger partial charge in [0.2, 0.25) is 11.8 Å². The minimum Gasteiger partial charge on any atom is -0.394 e. The largest absolute Gasteiger partial charge is 0.394 e. The lowest BCUT2D eigenvalue weighted by Crippen LogP contribution is -2.43. The predicted octanol–water partition coefficient (Wildman–Crippen LogP) is -0.116. The Kier molecular flexibility index (Phi) is 3.12. The van der Waals surface area contributed by atoms with Crippen LogP contribution in [-0.4, -0.2) is 46.6 Å². The Morgan fingerprint density at radius 2 is 2.24 bits per heavy atom. The molecule has 5 nitrogen and oxygen atoms in total. The van der Waals surface area contributed by atoms with Gasteiger partial charge in [-0.3, -0.25) is 9.59 Å². The number of aliphatic hydroxyl groups excluding tert-OH is 1. The van der Waals surface area contributed by atoms with E-state index in [2.05, 4.69) is 5.32 Å². The first-order chi connectivity index (χ1) is 7.97. The first-order valence-corrected chi connectivity index (χ1v) is 6.20. The van der Waals surface area contributed by atoms with Crippen molar-refractivity contribution in [2.75, 3.05) is 13.2 Å². The van der Waals surface area contributed by atoms with Crippen molar-refractivity contribution in [1.82, 2.24) is 10.2 Å². The number of rotatable bonds is 4. The molecule has 0 aromatic heterocycles. The molecule has 2 N–H and O–H groups in total. The summed E-state index contributed by atoms with van der Waals surface area (Å²) in [4.78, 5) is 25.4. The third-order valence-corrected chi connectivity index (χ3v) is 3.70. The number of likely N-dealkylation sites (tertiary alicyclic amines) is 1. The lowest BCUT2D eigenvalue weighted by molar-refractivity contribution is -0.130. The van der Waals surface area contributed by atoms with Crippen molar-refractivity contribution < 1.29 is 14.7 Å². The molecule has 2 amide bonds. The third-order valence-electron chi connectivity index (χ3n) is 3.70. The topological polar surface area (TPSA) is 69.6 Å². The summed E-state index contributed by atoms with van der Waals surface area (Å²) in [6.45, 7) is 4.40. The SMILES string of the molecule is CC(C)N1CC(C(=O)NC2(CO)CC2)CC1=O. The summed E-state index contributed by atoms with van der Waals surface area (Å²) in [5.41, 5.74) is -0.384. The van der Waals surface area contributed by atoms with Crippen LogP contribution < -0.4 is 5.32 Å². The van der Waals surface area contributed by atoms with Gasteiger partial charge in [-0.15, -0.1) is 0 Å². The maximum Gasteiger partial charge on any atom is 0.225 e. The molecule has 0 radical (unpaired) electrons. The number of carbonyl (C=O) groups is 2. The minimum atomic E-state index is -0.384. The van der Waals surface area contributed by atoms with Gasteiger partial charge < -0.3 is 15.3 Å². The zero-order valence-corrected chi connectivity index (χ0v) is 10.4. The Labute approximate surface area is 101 Å². The van der Waals surface area contributed by atoms with Crippen LogP contribution in [-0.2, 0) is 9.59 Å². The van der Waals surface area contributed by atoms with E-state index >= 15 is 0 Å². The van der Waals surface area contributed by atoms with E-state index in [0.29, 0.717) is 13.0 Å². The van der Waals surface area contributed by atoms with Crippen LogP contribution >= 0.6 is 0 Å². The standard InChI is InChI=1S/C12H20N2O3/c1-8(2)14-6-9(5-10(14)16)11(17)13-12(7-15)3-4-12/h8-9,15H,3-7H2,1-2H3,(H,13,17). The molecular weight excluding hydrogens is 220 g/mol. The van der Waals surface area contributed by atoms with Crippen LogP contribution in [0, 0.1) is 5.92 Å². The summed E-state index contributed by atoms with van der Waals surface area (Å²) in [6.07, 6.45) is 1.97. The molecule has 0 aromatic carbocycles. The Balaban J connectivity index is 1.92. The Morgan fingerprint density at radius 1 is 1.59 bits per heavy atom. The molecule has 1 saturated carbocycles. The maximum absolute atomic E-state index is 12.0. The fourth-order valence-electron chi connectivity index (χ4n) is 2.24. The summed E-state index contributed by atoms with van der Waals surface area (Å²) < 4.78 is 0. The second-order valence-electron chi connectivity index (χ2n) is 5.47. The fraction of sp³-hybridized carbons (Fsp3) is 0.833. The Bertz CT molecular complexity index is 337. The molecule has 17 heavy (non-hydrogen) atoms. The predicted molar refractivity (Wildman–Crippen MR) is 62.1 cm³/mol. The second-order valence-corrected chi connectivity index (χ2v) is 5.47. The minimum absolute atomic E-state index is 0.00665. The highest BCUT2D eigenvalue weighted by Gasteiger charge is 2.46. The molecule has 0 bridgehead atoms. The van der Waals surface area contributed by atoms with Crippen molar-refractivity contribution in [2.45, 2.75) is 44.7 Å². The van der Waals surface area contributed by atoms with Gasteiger partial charge in [-0.25, -0.2) is 0 Å². The van der Waals surface area contributed by atoms with Crippen molar-refractivity contribution in [3.8, 4) is 0 Å². The van der Waals surface area contributed by atoms with Crippen LogP contribution in [0.3, 0.4) is 0 Å². The number of hydrogen-bond donors (Lipinski definition) is 2. The number of hydrogen-bond acceptors (Lipinski definition) is 3. The lowest BCUT2D eigenvalue weighted by Gasteiger charge is -2.21. The van der Waals surface area contributed by atoms with E-state index in [-0.39, 0.29) is 35.9 Å². The van der Waals surface area contributed by atoms with E-state index in [1.807, 2.05) is 13.8 Å². The normalized spacial score (nSPS) is 26.5. The highest BCUT2D eigenvalue weighted by Crippen LogP contribution is 2.35. The number of nitrogens with one attached hydrogen (secondary N) is 1. The van der Waals surface area contributed by atoms with Crippen molar-refractivity contribution in [3.05, 3.63) is 0 Å². The highest BCUT2D eigenvalue weighted by molar-refractivity contribution is 5.89. The van der Waals surface area contributed by atoms with E-state index in [9.17, 15) is 9.59 Å². The second kappa shape index (κ2) is 4.29. The summed E-state index contributed by atoms with van der Waals surface area (Å²) >= 11 is 0. The number of nitrogens with zero attached hydrogens (tertiary/aromatic N) is 1. The lowest BCUT2D eigenvalue weighted by atomic mass is 10.1. The Hall–Kier alpha value is -1.10. The number of carbonyl (C=O) groups excluding carboxylic acids is 2. The molecule has 1 saturated heterocycles. The monoisotopic (exact) mass is 240 g/mol. The quantitative estimate of drug-likeness (QED) is 0.720. The first-order valence-electron chi connectivity index (χ1n) is 6.20. The van der Waals surface area contributed by atoms with Gasteiger partial charge in [0.1, 0.15) is 0 Å². The van der Waals surface area contributed by atoms with E-state index < -0.39 is 0 Å². The van der Waals surface area contributed by atoms with Gasteiger partial charge in [0, 0.05) is 19.0 Å². The van der Waals surface area contributed by atoms with Crippen molar-refractivity contribution in [2.24, 2.45) is 5.92 Å². The van der Waals surface area contributed by atoms with Crippen LogP contribution in [0.1, 0.15) is 33.1 Å². The molecule has 1 aliphatic heterocycles. The molecular formula is C12H20N2O3. The van der Waals surface area contributed by atoms with E-state index in [1.165, 1.54) is 0 Å². The zero-order chi connectivity index (χ0) is 12.6. The van der Waals surface area contributed by atoms with Gasteiger partial charge >= 0.3 is 0 Å². The van der Waals surface area contributed by atoms with Crippen LogP contribution in [0.5, 0.6) is 0 Å². The molecule has 1 heterocycles. The molecule has 1 atom stereocenters. The molecule has 2 aliphatic rings. The molecule has 0 spiro atoms. The van der Waals surface area contributed by atoms with Crippen molar-refractivity contribution in [3.63, 3.8) is 0 Å². The summed E-state index contributed by atoms with van der Waals surface area (Å²) in [5.74, 6) is -0.295. The molecule has 2 fully saturated rings. The molecule has 96 valence electrons. The maximum atomic E-state index is 12.0. The molecule has 2 rings (SSSR count). The van der Waals surface area contributed by atoms with Gasteiger partial charge in [-0.1, -0.05) is 0 Å². The van der Waals surface area contributed by atoms with Gasteiger partial charge in [-0.2, -0.15) is 0 Å². The smallest absolute Gasteiger partial charge is 0.225 e. The van der Waals surface area contributed by atoms with Crippen LogP contribution in [0.25, 0.3) is 0 Å². The van der Waals surface area contributed by atoms with Crippen LogP contribution in [0.2, 0.25) is 0 Å². The van der Waals surface area contributed by atoms with Gasteiger partial charge in [0.15, 0.2) is 0 Å². The van der Waals surface area contributed by atoms with E-state index in [1.54, 1.807) is 4.90 Å². The van der Waals surface area contributed by atoms with Crippen LogP contribution in [0.4, 0.5) is 0 Å². The van der Waals surface area contributed by atoms with Crippen LogP contribution in [0.15, 0.2) is 0 Å². The average Bonchev–Trinajstić information content (AvgIpc) is 2.92. The average molecular weight is 240 g/mol.